The summed E-state index contributed by atoms with van der Waals surface area (Å²) in [7, 11) is 6.16. The maximum absolute atomic E-state index is 9.74. The number of hydrogen-bond acceptors (Lipinski definition) is 6. The summed E-state index contributed by atoms with van der Waals surface area (Å²) < 4.78 is 26.1. The third-order valence-corrected chi connectivity index (χ3v) is 2.76. The molecule has 0 spiro atoms. The van der Waals surface area contributed by atoms with E-state index in [2.05, 4.69) is 0 Å². The highest BCUT2D eigenvalue weighted by molar-refractivity contribution is 4.91. The zero-order valence-electron chi connectivity index (χ0n) is 10.1. The van der Waals surface area contributed by atoms with E-state index in [0.29, 0.717) is 6.61 Å². The molecule has 1 saturated heterocycles. The van der Waals surface area contributed by atoms with Crippen LogP contribution in [0, 0.1) is 0 Å². The summed E-state index contributed by atoms with van der Waals surface area (Å²) in [4.78, 5) is 0. The first-order valence-corrected chi connectivity index (χ1v) is 5.10. The Bertz CT molecular complexity index is 200. The van der Waals surface area contributed by atoms with E-state index in [4.69, 9.17) is 23.7 Å². The van der Waals surface area contributed by atoms with Gasteiger partial charge in [0.15, 0.2) is 6.29 Å². The molecule has 0 aromatic heterocycles. The number of rotatable bonds is 5. The molecule has 0 saturated carbocycles. The van der Waals surface area contributed by atoms with Crippen LogP contribution in [0.15, 0.2) is 0 Å². The maximum atomic E-state index is 9.74. The molecule has 1 rings (SSSR count). The van der Waals surface area contributed by atoms with Crippen LogP contribution in [0.25, 0.3) is 0 Å². The lowest BCUT2D eigenvalue weighted by Crippen LogP contribution is -2.60. The Morgan fingerprint density at radius 1 is 0.938 bits per heavy atom. The monoisotopic (exact) mass is 236 g/mol. The molecule has 0 aromatic rings. The fourth-order valence-corrected chi connectivity index (χ4v) is 2.00. The largest absolute Gasteiger partial charge is 0.382 e. The van der Waals surface area contributed by atoms with Crippen molar-refractivity contribution in [2.45, 2.75) is 30.7 Å². The minimum absolute atomic E-state index is 0.325. The van der Waals surface area contributed by atoms with E-state index in [0.717, 1.165) is 0 Å². The number of ether oxygens (including phenoxy) is 5. The molecule has 1 N–H and O–H groups in total. The van der Waals surface area contributed by atoms with Crippen LogP contribution in [0.4, 0.5) is 0 Å². The van der Waals surface area contributed by atoms with Gasteiger partial charge < -0.3 is 28.8 Å². The molecular formula is C10H20O6. The summed E-state index contributed by atoms with van der Waals surface area (Å²) in [6.45, 7) is 0.325. The van der Waals surface area contributed by atoms with Crippen LogP contribution >= 0.6 is 0 Å². The predicted molar refractivity (Wildman–Crippen MR) is 55.1 cm³/mol. The Kier molecular flexibility index (Phi) is 5.60. The highest BCUT2D eigenvalue weighted by Crippen LogP contribution is 2.25. The molecule has 6 nitrogen and oxygen atoms in total. The van der Waals surface area contributed by atoms with Gasteiger partial charge in [-0.3, -0.25) is 0 Å². The molecule has 96 valence electrons. The van der Waals surface area contributed by atoms with Crippen molar-refractivity contribution in [2.24, 2.45) is 0 Å². The van der Waals surface area contributed by atoms with Crippen LogP contribution < -0.4 is 0 Å². The number of methoxy groups -OCH3 is 4. The zero-order chi connectivity index (χ0) is 12.1. The van der Waals surface area contributed by atoms with Gasteiger partial charge in [0.25, 0.3) is 0 Å². The Morgan fingerprint density at radius 2 is 1.50 bits per heavy atom. The van der Waals surface area contributed by atoms with Gasteiger partial charge in [0.05, 0.1) is 6.61 Å². The van der Waals surface area contributed by atoms with Crippen LogP contribution in [0.2, 0.25) is 0 Å². The van der Waals surface area contributed by atoms with E-state index in [1.165, 1.54) is 7.11 Å². The number of aliphatic hydroxyl groups excluding tert-OH is 1. The number of aliphatic hydroxyl groups is 1. The van der Waals surface area contributed by atoms with Gasteiger partial charge in [0, 0.05) is 28.4 Å². The second kappa shape index (κ2) is 6.48. The Labute approximate surface area is 95.4 Å². The molecule has 6 heteroatoms. The average molecular weight is 236 g/mol. The van der Waals surface area contributed by atoms with Crippen molar-refractivity contribution in [1.29, 1.82) is 0 Å². The summed E-state index contributed by atoms with van der Waals surface area (Å²) in [6, 6.07) is 0. The molecule has 0 amide bonds. The van der Waals surface area contributed by atoms with Crippen molar-refractivity contribution in [3.8, 4) is 0 Å². The van der Waals surface area contributed by atoms with Gasteiger partial charge in [-0.15, -0.1) is 0 Å². The molecule has 0 aliphatic carbocycles. The molecule has 0 radical (unpaired) electrons. The summed E-state index contributed by atoms with van der Waals surface area (Å²) in [5, 5.41) is 9.74. The van der Waals surface area contributed by atoms with Crippen LogP contribution in [0.3, 0.4) is 0 Å². The zero-order valence-corrected chi connectivity index (χ0v) is 10.1. The van der Waals surface area contributed by atoms with Crippen molar-refractivity contribution >= 4 is 0 Å². The number of hydrogen-bond donors (Lipinski definition) is 1. The predicted octanol–water partition coefficient (Wildman–Crippen LogP) is -0.605. The molecule has 1 heterocycles. The van der Waals surface area contributed by atoms with E-state index < -0.39 is 12.4 Å². The van der Waals surface area contributed by atoms with Gasteiger partial charge in [0.1, 0.15) is 24.4 Å². The molecule has 1 fully saturated rings. The van der Waals surface area contributed by atoms with Gasteiger partial charge in [-0.25, -0.2) is 0 Å². The van der Waals surface area contributed by atoms with Crippen LogP contribution in [0.1, 0.15) is 0 Å². The summed E-state index contributed by atoms with van der Waals surface area (Å²) >= 11 is 0. The normalized spacial score (nSPS) is 39.9. The van der Waals surface area contributed by atoms with Crippen molar-refractivity contribution in [3.05, 3.63) is 0 Å². The molecular weight excluding hydrogens is 216 g/mol. The Hall–Kier alpha value is -0.240. The molecule has 16 heavy (non-hydrogen) atoms. The molecule has 5 atom stereocenters. The Balaban J connectivity index is 2.78. The third kappa shape index (κ3) is 2.71. The highest BCUT2D eigenvalue weighted by atomic mass is 16.7. The fraction of sp³-hybridized carbons (Fsp3) is 1.00. The van der Waals surface area contributed by atoms with Gasteiger partial charge in [-0.2, -0.15) is 0 Å². The van der Waals surface area contributed by atoms with E-state index >= 15 is 0 Å². The van der Waals surface area contributed by atoms with E-state index in [1.54, 1.807) is 21.3 Å². The minimum atomic E-state index is -1.04. The SMILES string of the molecule is COC[C@@H]1O[C@H](O)[C@@H](OC)[C@H](OC)[C@@H]1OC. The summed E-state index contributed by atoms with van der Waals surface area (Å²) in [5.74, 6) is 0. The van der Waals surface area contributed by atoms with Crippen molar-refractivity contribution in [1.82, 2.24) is 0 Å². The minimum Gasteiger partial charge on any atom is -0.382 e. The first kappa shape index (κ1) is 13.8. The van der Waals surface area contributed by atoms with Crippen LogP contribution in [0.5, 0.6) is 0 Å². The Morgan fingerprint density at radius 3 is 1.94 bits per heavy atom. The quantitative estimate of drug-likeness (QED) is 0.687. The van der Waals surface area contributed by atoms with Crippen molar-refractivity contribution in [3.63, 3.8) is 0 Å². The first-order valence-electron chi connectivity index (χ1n) is 5.10. The molecule has 1 aliphatic rings. The highest BCUT2D eigenvalue weighted by Gasteiger charge is 2.46. The second-order valence-electron chi connectivity index (χ2n) is 3.62. The maximum Gasteiger partial charge on any atom is 0.184 e. The van der Waals surface area contributed by atoms with Gasteiger partial charge in [-0.1, -0.05) is 0 Å². The first-order chi connectivity index (χ1) is 7.69. The van der Waals surface area contributed by atoms with E-state index in [9.17, 15) is 5.11 Å². The lowest BCUT2D eigenvalue weighted by molar-refractivity contribution is -0.300. The van der Waals surface area contributed by atoms with E-state index in [-0.39, 0.29) is 18.3 Å². The smallest absolute Gasteiger partial charge is 0.184 e. The topological polar surface area (TPSA) is 66.4 Å². The summed E-state index contributed by atoms with van der Waals surface area (Å²) in [6.07, 6.45) is -2.71. The van der Waals surface area contributed by atoms with Gasteiger partial charge in [-0.05, 0) is 0 Å². The molecule has 0 aromatic carbocycles. The molecule has 1 aliphatic heterocycles. The fourth-order valence-electron chi connectivity index (χ4n) is 2.00. The second-order valence-corrected chi connectivity index (χ2v) is 3.62. The van der Waals surface area contributed by atoms with E-state index in [1.807, 2.05) is 0 Å². The van der Waals surface area contributed by atoms with Crippen LogP contribution in [-0.2, 0) is 23.7 Å². The lowest BCUT2D eigenvalue weighted by Gasteiger charge is -2.42. The van der Waals surface area contributed by atoms with Gasteiger partial charge >= 0.3 is 0 Å². The van der Waals surface area contributed by atoms with Crippen molar-refractivity contribution < 1.29 is 28.8 Å². The summed E-state index contributed by atoms with van der Waals surface area (Å²) in [5.41, 5.74) is 0. The standard InChI is InChI=1S/C10H20O6/c1-12-5-6-7(13-2)8(14-3)9(15-4)10(11)16-6/h6-11H,5H2,1-4H3/t6-,7+,8+,9-,10-/m0/s1. The molecule has 0 bridgehead atoms. The van der Waals surface area contributed by atoms with Crippen molar-refractivity contribution in [2.75, 3.05) is 35.0 Å². The molecule has 0 unspecified atom stereocenters. The average Bonchev–Trinajstić information content (AvgIpc) is 2.28. The lowest BCUT2D eigenvalue weighted by atomic mass is 9.98. The van der Waals surface area contributed by atoms with Crippen LogP contribution in [-0.4, -0.2) is 70.9 Å². The van der Waals surface area contributed by atoms with Gasteiger partial charge in [0.2, 0.25) is 0 Å². The third-order valence-electron chi connectivity index (χ3n) is 2.76.